The van der Waals surface area contributed by atoms with Gasteiger partial charge in [-0.3, -0.25) is 4.99 Å². The second kappa shape index (κ2) is 4.79. The minimum absolute atomic E-state index is 0.999. The zero-order valence-electron chi connectivity index (χ0n) is 9.56. The molecule has 2 rings (SSSR count). The maximum absolute atomic E-state index is 4.39. The molecule has 0 saturated carbocycles. The van der Waals surface area contributed by atoms with E-state index < -0.39 is 0 Å². The van der Waals surface area contributed by atoms with Crippen molar-refractivity contribution in [3.63, 3.8) is 0 Å². The Labute approximate surface area is 96.3 Å². The van der Waals surface area contributed by atoms with Crippen LogP contribution in [0, 0.1) is 0 Å². The normalized spacial score (nSPS) is 16.1. The van der Waals surface area contributed by atoms with Gasteiger partial charge in [-0.05, 0) is 30.5 Å². The molecule has 1 aliphatic carbocycles. The first-order chi connectivity index (χ1) is 7.83. The van der Waals surface area contributed by atoms with E-state index in [2.05, 4.69) is 40.4 Å². The molecule has 0 saturated heterocycles. The summed E-state index contributed by atoms with van der Waals surface area (Å²) in [4.78, 5) is 4.39. The molecule has 2 nitrogen and oxygen atoms in total. The van der Waals surface area contributed by atoms with Gasteiger partial charge in [0.05, 0.1) is 11.4 Å². The van der Waals surface area contributed by atoms with E-state index in [9.17, 15) is 0 Å². The molecule has 0 unspecified atom stereocenters. The fraction of sp³-hybridized carbons (Fsp3) is 0.214. The molecule has 1 aromatic heterocycles. The largest absolute Gasteiger partial charge is 0.349 e. The Morgan fingerprint density at radius 1 is 1.50 bits per heavy atom. The fourth-order valence-electron chi connectivity index (χ4n) is 1.88. The molecule has 0 fully saturated rings. The van der Waals surface area contributed by atoms with Crippen LogP contribution in [0.25, 0.3) is 0 Å². The lowest BCUT2D eigenvalue weighted by Crippen LogP contribution is -2.09. The van der Waals surface area contributed by atoms with E-state index in [-0.39, 0.29) is 0 Å². The summed E-state index contributed by atoms with van der Waals surface area (Å²) in [5.74, 6) is 0. The monoisotopic (exact) mass is 212 g/mol. The summed E-state index contributed by atoms with van der Waals surface area (Å²) in [7, 11) is 2.03. The minimum Gasteiger partial charge on any atom is -0.349 e. The van der Waals surface area contributed by atoms with Gasteiger partial charge in [0.15, 0.2) is 0 Å². The molecule has 82 valence electrons. The third-order valence-electron chi connectivity index (χ3n) is 2.68. The summed E-state index contributed by atoms with van der Waals surface area (Å²) < 4.78 is 2.08. The number of hydrogen-bond donors (Lipinski definition) is 0. The van der Waals surface area contributed by atoms with Gasteiger partial charge in [0, 0.05) is 19.4 Å². The predicted octanol–water partition coefficient (Wildman–Crippen LogP) is 3.23. The molecular formula is C14H16N2. The van der Waals surface area contributed by atoms with Gasteiger partial charge < -0.3 is 4.57 Å². The van der Waals surface area contributed by atoms with E-state index >= 15 is 0 Å². The highest BCUT2D eigenvalue weighted by molar-refractivity contribution is 6.13. The molecule has 0 bridgehead atoms. The Morgan fingerprint density at radius 2 is 2.38 bits per heavy atom. The number of hydrogen-bond acceptors (Lipinski definition) is 1. The second-order valence-corrected chi connectivity index (χ2v) is 3.80. The lowest BCUT2D eigenvalue weighted by Gasteiger charge is -2.11. The predicted molar refractivity (Wildman–Crippen MR) is 68.6 cm³/mol. The van der Waals surface area contributed by atoms with Crippen molar-refractivity contribution in [2.45, 2.75) is 12.8 Å². The van der Waals surface area contributed by atoms with Crippen molar-refractivity contribution in [2.75, 3.05) is 0 Å². The first kappa shape index (κ1) is 10.7. The molecule has 16 heavy (non-hydrogen) atoms. The average molecular weight is 212 g/mol. The number of aryl methyl sites for hydroxylation is 1. The quantitative estimate of drug-likeness (QED) is 0.684. The SMILES string of the molecule is C=C/N=C(/C1=CCCC=C1)c1cccn1C. The summed E-state index contributed by atoms with van der Waals surface area (Å²) in [5.41, 5.74) is 3.31. The van der Waals surface area contributed by atoms with Gasteiger partial charge in [-0.1, -0.05) is 24.8 Å². The number of aliphatic imine (C=N–C) groups is 1. The Kier molecular flexibility index (Phi) is 3.20. The van der Waals surface area contributed by atoms with Crippen LogP contribution in [0.1, 0.15) is 18.5 Å². The molecule has 0 amide bonds. The lowest BCUT2D eigenvalue weighted by atomic mass is 10.0. The Morgan fingerprint density at radius 3 is 2.94 bits per heavy atom. The fourth-order valence-corrected chi connectivity index (χ4v) is 1.88. The lowest BCUT2D eigenvalue weighted by molar-refractivity contribution is 0.913. The summed E-state index contributed by atoms with van der Waals surface area (Å²) in [6, 6.07) is 4.10. The molecule has 0 N–H and O–H groups in total. The van der Waals surface area contributed by atoms with Crippen LogP contribution in [0.2, 0.25) is 0 Å². The molecule has 0 aromatic carbocycles. The van der Waals surface area contributed by atoms with Crippen molar-refractivity contribution < 1.29 is 0 Å². The first-order valence-electron chi connectivity index (χ1n) is 5.50. The molecule has 1 aliphatic rings. The summed E-state index contributed by atoms with van der Waals surface area (Å²) in [6.45, 7) is 3.69. The van der Waals surface area contributed by atoms with E-state index in [1.807, 2.05) is 19.3 Å². The first-order valence-corrected chi connectivity index (χ1v) is 5.50. The van der Waals surface area contributed by atoms with Gasteiger partial charge in [0.25, 0.3) is 0 Å². The molecule has 1 aromatic rings. The van der Waals surface area contributed by atoms with Crippen molar-refractivity contribution in [1.29, 1.82) is 0 Å². The van der Waals surface area contributed by atoms with Crippen LogP contribution in [-0.4, -0.2) is 10.3 Å². The van der Waals surface area contributed by atoms with E-state index in [4.69, 9.17) is 0 Å². The summed E-state index contributed by atoms with van der Waals surface area (Å²) >= 11 is 0. The van der Waals surface area contributed by atoms with Crippen molar-refractivity contribution in [3.8, 4) is 0 Å². The highest BCUT2D eigenvalue weighted by Crippen LogP contribution is 2.17. The maximum Gasteiger partial charge on any atom is 0.0934 e. The van der Waals surface area contributed by atoms with Gasteiger partial charge in [0.2, 0.25) is 0 Å². The number of nitrogens with zero attached hydrogens (tertiary/aromatic N) is 2. The van der Waals surface area contributed by atoms with Gasteiger partial charge in [-0.2, -0.15) is 0 Å². The van der Waals surface area contributed by atoms with Crippen LogP contribution in [0.15, 0.2) is 59.9 Å². The maximum atomic E-state index is 4.39. The van der Waals surface area contributed by atoms with Crippen LogP contribution in [0.3, 0.4) is 0 Å². The van der Waals surface area contributed by atoms with Crippen LogP contribution in [0.4, 0.5) is 0 Å². The van der Waals surface area contributed by atoms with Crippen molar-refractivity contribution >= 4 is 5.71 Å². The van der Waals surface area contributed by atoms with Crippen LogP contribution >= 0.6 is 0 Å². The topological polar surface area (TPSA) is 17.3 Å². The van der Waals surface area contributed by atoms with Crippen LogP contribution < -0.4 is 0 Å². The van der Waals surface area contributed by atoms with Gasteiger partial charge in [0.1, 0.15) is 0 Å². The molecule has 1 heterocycles. The molecule has 2 heteroatoms. The highest BCUT2D eigenvalue weighted by Gasteiger charge is 2.11. The van der Waals surface area contributed by atoms with Crippen molar-refractivity contribution in [1.82, 2.24) is 4.57 Å². The van der Waals surface area contributed by atoms with E-state index in [1.165, 1.54) is 5.57 Å². The van der Waals surface area contributed by atoms with E-state index in [1.54, 1.807) is 6.20 Å². The second-order valence-electron chi connectivity index (χ2n) is 3.80. The Hall–Kier alpha value is -1.83. The van der Waals surface area contributed by atoms with Gasteiger partial charge in [-0.15, -0.1) is 0 Å². The minimum atomic E-state index is 0.999. The zero-order valence-corrected chi connectivity index (χ0v) is 9.56. The highest BCUT2D eigenvalue weighted by atomic mass is 14.9. The molecule has 0 radical (unpaired) electrons. The summed E-state index contributed by atoms with van der Waals surface area (Å²) in [5, 5.41) is 0. The zero-order chi connectivity index (χ0) is 11.4. The standard InChI is InChI=1S/C14H16N2/c1-3-15-14(12-8-5-4-6-9-12)13-10-7-11-16(13)2/h3,5,7-11H,1,4,6H2,2H3/b15-14-. The van der Waals surface area contributed by atoms with Crippen molar-refractivity contribution in [2.24, 2.45) is 12.0 Å². The Balaban J connectivity index is 2.43. The molecule has 0 spiro atoms. The summed E-state index contributed by atoms with van der Waals surface area (Å²) in [6.07, 6.45) is 12.4. The third-order valence-corrected chi connectivity index (χ3v) is 2.68. The molecule has 0 atom stereocenters. The number of aromatic nitrogens is 1. The van der Waals surface area contributed by atoms with E-state index in [0.29, 0.717) is 0 Å². The van der Waals surface area contributed by atoms with Crippen molar-refractivity contribution in [3.05, 3.63) is 60.6 Å². The van der Waals surface area contributed by atoms with Crippen LogP contribution in [0.5, 0.6) is 0 Å². The molecule has 0 aliphatic heterocycles. The average Bonchev–Trinajstić information content (AvgIpc) is 2.73. The van der Waals surface area contributed by atoms with Gasteiger partial charge >= 0.3 is 0 Å². The number of allylic oxidation sites excluding steroid dienone is 4. The molecular weight excluding hydrogens is 196 g/mol. The smallest absolute Gasteiger partial charge is 0.0934 e. The number of rotatable bonds is 3. The Bertz CT molecular complexity index is 473. The third kappa shape index (κ3) is 2.06. The van der Waals surface area contributed by atoms with Crippen LogP contribution in [-0.2, 0) is 7.05 Å². The van der Waals surface area contributed by atoms with E-state index in [0.717, 1.165) is 24.2 Å². The van der Waals surface area contributed by atoms with Gasteiger partial charge in [-0.25, -0.2) is 0 Å².